The van der Waals surface area contributed by atoms with E-state index < -0.39 is 24.0 Å². The van der Waals surface area contributed by atoms with Crippen molar-refractivity contribution < 1.29 is 28.3 Å². The lowest BCUT2D eigenvalue weighted by atomic mass is 10.2. The van der Waals surface area contributed by atoms with Gasteiger partial charge in [0.15, 0.2) is 0 Å². The number of alkyl halides is 1. The average Bonchev–Trinajstić information content (AvgIpc) is 2.45. The molecule has 1 atom stereocenters. The molecule has 2 aliphatic heterocycles. The molecular weight excluding hydrogens is 273 g/mol. The van der Waals surface area contributed by atoms with E-state index in [-0.39, 0.29) is 18.9 Å². The first kappa shape index (κ1) is 14.4. The molecule has 0 aromatic carbocycles. The van der Waals surface area contributed by atoms with E-state index in [1.54, 1.807) is 10.2 Å². The van der Waals surface area contributed by atoms with Crippen LogP contribution >= 0.6 is 0 Å². The summed E-state index contributed by atoms with van der Waals surface area (Å²) in [4.78, 5) is 47.7. The van der Waals surface area contributed by atoms with Crippen LogP contribution in [-0.4, -0.2) is 72.6 Å². The van der Waals surface area contributed by atoms with Crippen molar-refractivity contribution in [3.8, 4) is 0 Å². The van der Waals surface area contributed by atoms with Crippen LogP contribution in [0.25, 0.3) is 0 Å². The predicted octanol–water partition coefficient (Wildman–Crippen LogP) is -1.35. The molecule has 20 heavy (non-hydrogen) atoms. The van der Waals surface area contributed by atoms with Gasteiger partial charge in [-0.05, 0) is 0 Å². The fraction of sp³-hybridized carbons (Fsp3) is 0.636. The SMILES string of the molecule is O=C1NC(=O)N(CCC(=O)N2CCOCC2)C(=O)C1F. The number of rotatable bonds is 3. The van der Waals surface area contributed by atoms with Gasteiger partial charge in [-0.15, -0.1) is 0 Å². The Morgan fingerprint density at radius 2 is 1.95 bits per heavy atom. The van der Waals surface area contributed by atoms with Gasteiger partial charge in [-0.3, -0.25) is 24.6 Å². The number of amides is 5. The van der Waals surface area contributed by atoms with Crippen LogP contribution in [0.4, 0.5) is 9.18 Å². The predicted molar refractivity (Wildman–Crippen MR) is 62.2 cm³/mol. The van der Waals surface area contributed by atoms with Crippen molar-refractivity contribution in [2.24, 2.45) is 0 Å². The Bertz CT molecular complexity index is 449. The van der Waals surface area contributed by atoms with Gasteiger partial charge in [0.25, 0.3) is 18.0 Å². The molecule has 2 saturated heterocycles. The van der Waals surface area contributed by atoms with E-state index in [4.69, 9.17) is 4.74 Å². The lowest BCUT2D eigenvalue weighted by Crippen LogP contribution is -2.59. The normalized spacial score (nSPS) is 23.9. The Kier molecular flexibility index (Phi) is 4.28. The van der Waals surface area contributed by atoms with E-state index in [0.717, 1.165) is 0 Å². The number of urea groups is 1. The third-order valence-electron chi connectivity index (χ3n) is 3.10. The van der Waals surface area contributed by atoms with Gasteiger partial charge < -0.3 is 9.64 Å². The number of barbiturate groups is 1. The fourth-order valence-electron chi connectivity index (χ4n) is 1.98. The molecule has 0 saturated carbocycles. The Morgan fingerprint density at radius 3 is 2.60 bits per heavy atom. The van der Waals surface area contributed by atoms with Crippen molar-refractivity contribution in [3.63, 3.8) is 0 Å². The second-order valence-corrected chi connectivity index (χ2v) is 4.39. The van der Waals surface area contributed by atoms with Gasteiger partial charge in [0, 0.05) is 26.1 Å². The number of ether oxygens (including phenoxy) is 1. The van der Waals surface area contributed by atoms with Crippen LogP contribution in [0.2, 0.25) is 0 Å². The second-order valence-electron chi connectivity index (χ2n) is 4.39. The maximum absolute atomic E-state index is 13.2. The van der Waals surface area contributed by atoms with Crippen molar-refractivity contribution in [1.82, 2.24) is 15.1 Å². The summed E-state index contributed by atoms with van der Waals surface area (Å²) in [6.07, 6.45) is -2.51. The fourth-order valence-corrected chi connectivity index (χ4v) is 1.98. The molecule has 9 heteroatoms. The monoisotopic (exact) mass is 287 g/mol. The van der Waals surface area contributed by atoms with Gasteiger partial charge in [-0.25, -0.2) is 9.18 Å². The molecule has 8 nitrogen and oxygen atoms in total. The van der Waals surface area contributed by atoms with Crippen LogP contribution in [0, 0.1) is 0 Å². The third-order valence-corrected chi connectivity index (χ3v) is 3.10. The number of imide groups is 2. The number of nitrogens with zero attached hydrogens (tertiary/aromatic N) is 2. The summed E-state index contributed by atoms with van der Waals surface area (Å²) in [5.41, 5.74) is 0. The topological polar surface area (TPSA) is 96.0 Å². The van der Waals surface area contributed by atoms with E-state index in [1.165, 1.54) is 0 Å². The van der Waals surface area contributed by atoms with E-state index in [9.17, 15) is 23.6 Å². The summed E-state index contributed by atoms with van der Waals surface area (Å²) < 4.78 is 18.3. The molecule has 1 unspecified atom stereocenters. The highest BCUT2D eigenvalue weighted by Crippen LogP contribution is 2.09. The first-order chi connectivity index (χ1) is 9.50. The highest BCUT2D eigenvalue weighted by atomic mass is 19.1. The molecule has 0 spiro atoms. The van der Waals surface area contributed by atoms with Crippen LogP contribution in [0.3, 0.4) is 0 Å². The molecule has 0 aromatic rings. The Balaban J connectivity index is 1.89. The number of morpholine rings is 1. The molecule has 2 aliphatic rings. The van der Waals surface area contributed by atoms with Crippen molar-refractivity contribution >= 4 is 23.8 Å². The average molecular weight is 287 g/mol. The van der Waals surface area contributed by atoms with Crippen LogP contribution in [0.15, 0.2) is 0 Å². The van der Waals surface area contributed by atoms with Crippen LogP contribution in [-0.2, 0) is 19.1 Å². The highest BCUT2D eigenvalue weighted by Gasteiger charge is 2.40. The molecule has 2 rings (SSSR count). The van der Waals surface area contributed by atoms with Gasteiger partial charge >= 0.3 is 6.03 Å². The third kappa shape index (κ3) is 2.93. The van der Waals surface area contributed by atoms with Crippen LogP contribution < -0.4 is 5.32 Å². The first-order valence-electron chi connectivity index (χ1n) is 6.16. The van der Waals surface area contributed by atoms with Crippen LogP contribution in [0.5, 0.6) is 0 Å². The standard InChI is InChI=1S/C11H14FN3O5/c12-8-9(17)13-11(19)15(10(8)18)2-1-7(16)14-3-5-20-6-4-14/h8H,1-6H2,(H,13,17,19). The molecule has 0 bridgehead atoms. The molecule has 0 radical (unpaired) electrons. The van der Waals surface area contributed by atoms with Crippen LogP contribution in [0.1, 0.15) is 6.42 Å². The summed E-state index contributed by atoms with van der Waals surface area (Å²) in [5, 5.41) is 1.72. The van der Waals surface area contributed by atoms with Gasteiger partial charge in [-0.2, -0.15) is 0 Å². The zero-order valence-corrected chi connectivity index (χ0v) is 10.6. The quantitative estimate of drug-likeness (QED) is 0.648. The summed E-state index contributed by atoms with van der Waals surface area (Å²) >= 11 is 0. The van der Waals surface area contributed by atoms with Crippen molar-refractivity contribution in [3.05, 3.63) is 0 Å². The maximum Gasteiger partial charge on any atom is 0.330 e. The summed E-state index contributed by atoms with van der Waals surface area (Å²) in [6, 6.07) is -0.997. The summed E-state index contributed by atoms with van der Waals surface area (Å²) in [6.45, 7) is 1.52. The number of nitrogens with one attached hydrogen (secondary N) is 1. The zero-order valence-electron chi connectivity index (χ0n) is 10.6. The molecule has 110 valence electrons. The smallest absolute Gasteiger partial charge is 0.330 e. The van der Waals surface area contributed by atoms with Gasteiger partial charge in [0.1, 0.15) is 0 Å². The minimum absolute atomic E-state index is 0.111. The van der Waals surface area contributed by atoms with Crippen molar-refractivity contribution in [2.45, 2.75) is 12.6 Å². The van der Waals surface area contributed by atoms with E-state index in [2.05, 4.69) is 0 Å². The number of halogens is 1. The van der Waals surface area contributed by atoms with Gasteiger partial charge in [0.05, 0.1) is 13.2 Å². The Labute approximate surface area is 113 Å². The maximum atomic E-state index is 13.2. The minimum Gasteiger partial charge on any atom is -0.378 e. The lowest BCUT2D eigenvalue weighted by molar-refractivity contribution is -0.144. The summed E-state index contributed by atoms with van der Waals surface area (Å²) in [5.74, 6) is -2.74. The molecule has 0 aliphatic carbocycles. The number of carbonyl (C=O) groups excluding carboxylic acids is 4. The number of carbonyl (C=O) groups is 4. The Morgan fingerprint density at radius 1 is 1.30 bits per heavy atom. The molecule has 1 N–H and O–H groups in total. The molecule has 5 amide bonds. The minimum atomic E-state index is -2.40. The Hall–Kier alpha value is -2.03. The molecule has 0 aromatic heterocycles. The zero-order chi connectivity index (χ0) is 14.7. The van der Waals surface area contributed by atoms with Crippen molar-refractivity contribution in [1.29, 1.82) is 0 Å². The second kappa shape index (κ2) is 5.95. The molecular formula is C11H14FN3O5. The number of hydrogen-bond donors (Lipinski definition) is 1. The van der Waals surface area contributed by atoms with E-state index in [1.807, 2.05) is 0 Å². The lowest BCUT2D eigenvalue weighted by Gasteiger charge is -2.29. The van der Waals surface area contributed by atoms with Gasteiger partial charge in [0.2, 0.25) is 5.91 Å². The largest absolute Gasteiger partial charge is 0.378 e. The van der Waals surface area contributed by atoms with Crippen molar-refractivity contribution in [2.75, 3.05) is 32.8 Å². The highest BCUT2D eigenvalue weighted by molar-refractivity contribution is 6.18. The van der Waals surface area contributed by atoms with Gasteiger partial charge in [-0.1, -0.05) is 0 Å². The molecule has 2 heterocycles. The summed E-state index contributed by atoms with van der Waals surface area (Å²) in [7, 11) is 0. The first-order valence-corrected chi connectivity index (χ1v) is 6.16. The van der Waals surface area contributed by atoms with E-state index in [0.29, 0.717) is 31.2 Å². The number of hydrogen-bond acceptors (Lipinski definition) is 5. The molecule has 2 fully saturated rings. The van der Waals surface area contributed by atoms with E-state index >= 15 is 0 Å².